The summed E-state index contributed by atoms with van der Waals surface area (Å²) in [5, 5.41) is 3.70. The minimum absolute atomic E-state index is 0.140. The number of aliphatic imine (C=N–C) groups is 1. The molecule has 1 amide bonds. The molecule has 7 nitrogen and oxygen atoms in total. The standard InChI is InChI=1S/C28H34N2O5S/c1-28(2,3)17-9-10-20-24(12-17)36-27(25(20)26(31)29-15-18-8-7-11-35-18)30-16-21-22(33-5)13-19(32-4)14-23(21)34-6/h7-8,11,13-14,16-17H,9-10,12,15H2,1-6H3,(H,29,31)/t17-/m1/s1. The van der Waals surface area contributed by atoms with Crippen LogP contribution >= 0.6 is 11.3 Å². The van der Waals surface area contributed by atoms with Gasteiger partial charge in [0, 0.05) is 23.2 Å². The number of hydrogen-bond acceptors (Lipinski definition) is 7. The third kappa shape index (κ3) is 5.43. The Labute approximate surface area is 216 Å². The van der Waals surface area contributed by atoms with Crippen LogP contribution in [-0.4, -0.2) is 33.5 Å². The summed E-state index contributed by atoms with van der Waals surface area (Å²) in [5.41, 5.74) is 2.65. The Bertz CT molecular complexity index is 1210. The van der Waals surface area contributed by atoms with E-state index in [4.69, 9.17) is 23.6 Å². The van der Waals surface area contributed by atoms with E-state index in [0.29, 0.717) is 51.6 Å². The van der Waals surface area contributed by atoms with Crippen LogP contribution in [0, 0.1) is 11.3 Å². The van der Waals surface area contributed by atoms with Crippen LogP contribution in [0.25, 0.3) is 0 Å². The average molecular weight is 511 g/mol. The van der Waals surface area contributed by atoms with Gasteiger partial charge in [-0.05, 0) is 48.3 Å². The Balaban J connectivity index is 1.72. The first-order valence-electron chi connectivity index (χ1n) is 12.0. The molecule has 1 aliphatic rings. The number of rotatable bonds is 8. The maximum absolute atomic E-state index is 13.4. The third-order valence-electron chi connectivity index (χ3n) is 6.77. The van der Waals surface area contributed by atoms with Crippen LogP contribution in [0.2, 0.25) is 0 Å². The fraction of sp³-hybridized carbons (Fsp3) is 0.429. The highest BCUT2D eigenvalue weighted by Crippen LogP contribution is 2.45. The molecular formula is C28H34N2O5S. The van der Waals surface area contributed by atoms with Gasteiger partial charge in [-0.3, -0.25) is 4.79 Å². The molecule has 0 spiro atoms. The number of furan rings is 1. The topological polar surface area (TPSA) is 82.3 Å². The summed E-state index contributed by atoms with van der Waals surface area (Å²) in [6.07, 6.45) is 6.18. The summed E-state index contributed by atoms with van der Waals surface area (Å²) < 4.78 is 21.9. The number of carbonyl (C=O) groups excluding carboxylic acids is 1. The number of carbonyl (C=O) groups is 1. The van der Waals surface area contributed by atoms with Gasteiger partial charge < -0.3 is 23.9 Å². The molecule has 3 aromatic rings. The molecule has 0 aliphatic heterocycles. The molecule has 0 saturated heterocycles. The summed E-state index contributed by atoms with van der Waals surface area (Å²) >= 11 is 1.60. The molecule has 1 N–H and O–H groups in total. The van der Waals surface area contributed by atoms with Crippen LogP contribution in [-0.2, 0) is 19.4 Å². The van der Waals surface area contributed by atoms with Gasteiger partial charge in [0.25, 0.3) is 5.91 Å². The van der Waals surface area contributed by atoms with Crippen molar-refractivity contribution >= 4 is 28.5 Å². The lowest BCUT2D eigenvalue weighted by Crippen LogP contribution is -2.28. The zero-order valence-electron chi connectivity index (χ0n) is 21.8. The fourth-order valence-electron chi connectivity index (χ4n) is 4.59. The highest BCUT2D eigenvalue weighted by molar-refractivity contribution is 7.16. The summed E-state index contributed by atoms with van der Waals surface area (Å²) in [7, 11) is 4.78. The Hall–Kier alpha value is -3.26. The van der Waals surface area contributed by atoms with E-state index in [-0.39, 0.29) is 11.3 Å². The van der Waals surface area contributed by atoms with Crippen LogP contribution in [0.4, 0.5) is 5.00 Å². The molecule has 2 aromatic heterocycles. The maximum Gasteiger partial charge on any atom is 0.255 e. The number of amides is 1. The van der Waals surface area contributed by atoms with E-state index in [2.05, 4.69) is 26.1 Å². The highest BCUT2D eigenvalue weighted by Gasteiger charge is 2.33. The molecular weight excluding hydrogens is 476 g/mol. The van der Waals surface area contributed by atoms with E-state index in [1.54, 1.807) is 57.3 Å². The molecule has 2 heterocycles. The Morgan fingerprint density at radius 3 is 2.50 bits per heavy atom. The van der Waals surface area contributed by atoms with Gasteiger partial charge in [-0.15, -0.1) is 11.3 Å². The first-order valence-corrected chi connectivity index (χ1v) is 12.9. The quantitative estimate of drug-likeness (QED) is 0.365. The predicted molar refractivity (Wildman–Crippen MR) is 143 cm³/mol. The van der Waals surface area contributed by atoms with Crippen LogP contribution < -0.4 is 19.5 Å². The number of methoxy groups -OCH3 is 3. The number of fused-ring (bicyclic) bond motifs is 1. The van der Waals surface area contributed by atoms with Crippen molar-refractivity contribution in [1.29, 1.82) is 0 Å². The Kier molecular flexibility index (Phi) is 7.73. The van der Waals surface area contributed by atoms with Crippen LogP contribution in [0.5, 0.6) is 17.2 Å². The second-order valence-electron chi connectivity index (χ2n) is 9.96. The third-order valence-corrected chi connectivity index (χ3v) is 7.93. The molecule has 1 aliphatic carbocycles. The maximum atomic E-state index is 13.4. The van der Waals surface area contributed by atoms with E-state index < -0.39 is 0 Å². The van der Waals surface area contributed by atoms with Crippen LogP contribution in [0.15, 0.2) is 39.9 Å². The number of ether oxygens (including phenoxy) is 3. The fourth-order valence-corrected chi connectivity index (χ4v) is 5.86. The average Bonchev–Trinajstić information content (AvgIpc) is 3.52. The Morgan fingerprint density at radius 1 is 1.19 bits per heavy atom. The summed E-state index contributed by atoms with van der Waals surface area (Å²) in [6.45, 7) is 7.18. The van der Waals surface area contributed by atoms with Gasteiger partial charge in [0.15, 0.2) is 0 Å². The molecule has 36 heavy (non-hydrogen) atoms. The first kappa shape index (κ1) is 25.8. The summed E-state index contributed by atoms with van der Waals surface area (Å²) in [4.78, 5) is 19.5. The lowest BCUT2D eigenvalue weighted by Gasteiger charge is -2.33. The molecule has 4 rings (SSSR count). The van der Waals surface area contributed by atoms with E-state index in [1.807, 2.05) is 12.1 Å². The second-order valence-corrected chi connectivity index (χ2v) is 11.0. The number of nitrogens with zero attached hydrogens (tertiary/aromatic N) is 1. The lowest BCUT2D eigenvalue weighted by atomic mass is 9.72. The summed E-state index contributed by atoms with van der Waals surface area (Å²) in [5.74, 6) is 2.90. The monoisotopic (exact) mass is 510 g/mol. The molecule has 0 radical (unpaired) electrons. The van der Waals surface area contributed by atoms with Crippen LogP contribution in [0.3, 0.4) is 0 Å². The predicted octanol–water partition coefficient (Wildman–Crippen LogP) is 6.20. The summed E-state index contributed by atoms with van der Waals surface area (Å²) in [6, 6.07) is 7.23. The van der Waals surface area contributed by atoms with E-state index >= 15 is 0 Å². The molecule has 0 fully saturated rings. The van der Waals surface area contributed by atoms with Gasteiger partial charge >= 0.3 is 0 Å². The number of thiophene rings is 1. The van der Waals surface area contributed by atoms with E-state index in [1.165, 1.54) is 4.88 Å². The zero-order chi connectivity index (χ0) is 25.9. The zero-order valence-corrected chi connectivity index (χ0v) is 22.6. The highest BCUT2D eigenvalue weighted by atomic mass is 32.1. The van der Waals surface area contributed by atoms with E-state index in [0.717, 1.165) is 24.8 Å². The minimum atomic E-state index is -0.140. The molecule has 8 heteroatoms. The van der Waals surface area contributed by atoms with Crippen molar-refractivity contribution in [3.8, 4) is 17.2 Å². The largest absolute Gasteiger partial charge is 0.496 e. The van der Waals surface area contributed by atoms with Crippen molar-refractivity contribution in [3.63, 3.8) is 0 Å². The first-order chi connectivity index (χ1) is 17.2. The lowest BCUT2D eigenvalue weighted by molar-refractivity contribution is 0.0947. The molecule has 1 aromatic carbocycles. The van der Waals surface area contributed by atoms with Gasteiger partial charge in [-0.2, -0.15) is 0 Å². The molecule has 0 bridgehead atoms. The van der Waals surface area contributed by atoms with Crippen molar-refractivity contribution < 1.29 is 23.4 Å². The van der Waals surface area contributed by atoms with Gasteiger partial charge in [0.05, 0.1) is 45.3 Å². The second kappa shape index (κ2) is 10.8. The molecule has 1 atom stereocenters. The van der Waals surface area contributed by atoms with Crippen molar-refractivity contribution in [2.75, 3.05) is 21.3 Å². The van der Waals surface area contributed by atoms with Gasteiger partial charge in [0.1, 0.15) is 28.0 Å². The number of benzene rings is 1. The van der Waals surface area contributed by atoms with Crippen molar-refractivity contribution in [2.45, 2.75) is 46.6 Å². The van der Waals surface area contributed by atoms with Gasteiger partial charge in [0.2, 0.25) is 0 Å². The Morgan fingerprint density at radius 2 is 1.92 bits per heavy atom. The SMILES string of the molecule is COc1cc(OC)c(C=Nc2sc3c(c2C(=O)NCc2ccco2)CC[C@@H](C(C)(C)C)C3)c(OC)c1. The minimum Gasteiger partial charge on any atom is -0.496 e. The smallest absolute Gasteiger partial charge is 0.255 e. The van der Waals surface area contributed by atoms with E-state index in [9.17, 15) is 4.79 Å². The van der Waals surface area contributed by atoms with Crippen molar-refractivity contribution in [1.82, 2.24) is 5.32 Å². The molecule has 0 saturated carbocycles. The normalized spacial score (nSPS) is 15.6. The number of hydrogen-bond donors (Lipinski definition) is 1. The van der Waals surface area contributed by atoms with Crippen molar-refractivity contribution in [3.05, 3.63) is 57.9 Å². The molecule has 192 valence electrons. The van der Waals surface area contributed by atoms with Crippen LogP contribution in [0.1, 0.15) is 59.3 Å². The molecule has 0 unspecified atom stereocenters. The van der Waals surface area contributed by atoms with Gasteiger partial charge in [-0.1, -0.05) is 20.8 Å². The number of nitrogens with one attached hydrogen (secondary N) is 1. The van der Waals surface area contributed by atoms with Crippen molar-refractivity contribution in [2.24, 2.45) is 16.3 Å². The van der Waals surface area contributed by atoms with Gasteiger partial charge in [-0.25, -0.2) is 4.99 Å².